The average Bonchev–Trinajstić information content (AvgIpc) is 2.10. The molecule has 0 aromatic heterocycles. The lowest BCUT2D eigenvalue weighted by atomic mass is 10.4. The van der Waals surface area contributed by atoms with Crippen LogP contribution in [0.15, 0.2) is 0 Å². The highest BCUT2D eigenvalue weighted by molar-refractivity contribution is 7.80. The highest BCUT2D eigenvalue weighted by Gasteiger charge is 2.31. The van der Waals surface area contributed by atoms with Crippen molar-refractivity contribution < 1.29 is 9.47 Å². The Kier molecular flexibility index (Phi) is 2.03. The van der Waals surface area contributed by atoms with Gasteiger partial charge in [-0.2, -0.15) is 0 Å². The van der Waals surface area contributed by atoms with Crippen molar-refractivity contribution in [2.45, 2.75) is 25.7 Å². The molecule has 0 spiro atoms. The van der Waals surface area contributed by atoms with E-state index in [1.165, 1.54) is 0 Å². The smallest absolute Gasteiger partial charge is 0.163 e. The molecule has 1 radical (unpaired) electrons. The van der Waals surface area contributed by atoms with Crippen LogP contribution in [-0.2, 0) is 9.47 Å². The van der Waals surface area contributed by atoms with Crippen molar-refractivity contribution in [3.63, 3.8) is 0 Å². The van der Waals surface area contributed by atoms with Gasteiger partial charge >= 0.3 is 0 Å². The van der Waals surface area contributed by atoms with Gasteiger partial charge in [-0.15, -0.1) is 0 Å². The fourth-order valence-corrected chi connectivity index (χ4v) is 1.01. The molecular formula is C6H11O2S. The predicted molar refractivity (Wildman–Crippen MR) is 37.4 cm³/mol. The maximum atomic E-state index is 5.37. The molecule has 9 heavy (non-hydrogen) atoms. The molecule has 0 unspecified atom stereocenters. The molecule has 0 saturated carbocycles. The Morgan fingerprint density at radius 3 is 2.56 bits per heavy atom. The molecule has 1 aliphatic heterocycles. The molecule has 2 nitrogen and oxygen atoms in total. The van der Waals surface area contributed by atoms with Crippen LogP contribution >= 0.6 is 12.6 Å². The molecule has 1 heterocycles. The Bertz CT molecular complexity index is 103. The summed E-state index contributed by atoms with van der Waals surface area (Å²) in [4.78, 5) is 0. The van der Waals surface area contributed by atoms with Crippen molar-refractivity contribution in [2.75, 3.05) is 12.4 Å². The summed E-state index contributed by atoms with van der Waals surface area (Å²) in [7, 11) is 0. The second-order valence-corrected chi connectivity index (χ2v) is 2.95. The highest BCUT2D eigenvalue weighted by atomic mass is 32.1. The molecule has 0 aromatic carbocycles. The van der Waals surface area contributed by atoms with Crippen LogP contribution in [0.2, 0.25) is 0 Å². The Morgan fingerprint density at radius 2 is 2.33 bits per heavy atom. The summed E-state index contributed by atoms with van der Waals surface area (Å²) in [6.45, 7) is 4.45. The predicted octanol–water partition coefficient (Wildman–Crippen LogP) is 1.34. The second-order valence-electron chi connectivity index (χ2n) is 2.62. The third-order valence-corrected chi connectivity index (χ3v) is 1.62. The standard InChI is InChI=1S/C6H11O2S/c1-6(2)7-3-5(4-9)8-6/h5H,3-4H2,1-2H3/t5-/m1/s1. The lowest BCUT2D eigenvalue weighted by molar-refractivity contribution is -0.135. The van der Waals surface area contributed by atoms with Crippen LogP contribution in [-0.4, -0.2) is 24.3 Å². The second kappa shape index (κ2) is 2.48. The van der Waals surface area contributed by atoms with Crippen LogP contribution in [0.3, 0.4) is 0 Å². The largest absolute Gasteiger partial charge is 0.348 e. The van der Waals surface area contributed by atoms with Gasteiger partial charge in [-0.3, -0.25) is 0 Å². The first kappa shape index (κ1) is 7.38. The molecular weight excluding hydrogens is 136 g/mol. The van der Waals surface area contributed by atoms with E-state index in [2.05, 4.69) is 0 Å². The van der Waals surface area contributed by atoms with E-state index in [0.717, 1.165) is 0 Å². The van der Waals surface area contributed by atoms with E-state index in [9.17, 15) is 0 Å². The van der Waals surface area contributed by atoms with Gasteiger partial charge in [-0.25, -0.2) is 0 Å². The van der Waals surface area contributed by atoms with Crippen LogP contribution in [0.5, 0.6) is 0 Å². The van der Waals surface area contributed by atoms with Gasteiger partial charge in [0.15, 0.2) is 5.79 Å². The number of ether oxygens (including phenoxy) is 2. The Balaban J connectivity index is 2.38. The topological polar surface area (TPSA) is 18.5 Å². The minimum Gasteiger partial charge on any atom is -0.348 e. The van der Waals surface area contributed by atoms with Crippen LogP contribution in [0.1, 0.15) is 13.8 Å². The molecule has 0 aromatic rings. The zero-order valence-corrected chi connectivity index (χ0v) is 6.53. The first-order chi connectivity index (χ1) is 4.14. The molecule has 1 fully saturated rings. The fourth-order valence-electron chi connectivity index (χ4n) is 0.845. The molecule has 3 heteroatoms. The average molecular weight is 147 g/mol. The van der Waals surface area contributed by atoms with Crippen LogP contribution in [0.4, 0.5) is 0 Å². The van der Waals surface area contributed by atoms with E-state index in [1.807, 2.05) is 13.8 Å². The van der Waals surface area contributed by atoms with Gasteiger partial charge in [0.1, 0.15) is 0 Å². The van der Waals surface area contributed by atoms with Gasteiger partial charge in [-0.1, -0.05) is 12.6 Å². The van der Waals surface area contributed by atoms with Crippen LogP contribution in [0.25, 0.3) is 0 Å². The van der Waals surface area contributed by atoms with E-state index < -0.39 is 5.79 Å². The van der Waals surface area contributed by atoms with Crippen molar-refractivity contribution in [1.29, 1.82) is 0 Å². The minimum atomic E-state index is -0.399. The molecule has 1 rings (SSSR count). The lowest BCUT2D eigenvalue weighted by Crippen LogP contribution is -2.21. The van der Waals surface area contributed by atoms with Crippen molar-refractivity contribution in [2.24, 2.45) is 0 Å². The number of hydrogen-bond acceptors (Lipinski definition) is 2. The van der Waals surface area contributed by atoms with Gasteiger partial charge in [0.25, 0.3) is 0 Å². The van der Waals surface area contributed by atoms with Crippen LogP contribution < -0.4 is 0 Å². The highest BCUT2D eigenvalue weighted by Crippen LogP contribution is 2.22. The molecule has 0 N–H and O–H groups in total. The Labute approximate surface area is 60.9 Å². The number of hydrogen-bond donors (Lipinski definition) is 0. The van der Waals surface area contributed by atoms with Crippen molar-refractivity contribution in [1.82, 2.24) is 0 Å². The monoisotopic (exact) mass is 147 g/mol. The Morgan fingerprint density at radius 1 is 1.67 bits per heavy atom. The molecule has 1 saturated heterocycles. The van der Waals surface area contributed by atoms with Crippen LogP contribution in [0, 0.1) is 0 Å². The maximum absolute atomic E-state index is 5.37. The summed E-state index contributed by atoms with van der Waals surface area (Å²) in [5, 5.41) is 0. The zero-order valence-electron chi connectivity index (χ0n) is 5.72. The van der Waals surface area contributed by atoms with E-state index in [-0.39, 0.29) is 6.10 Å². The van der Waals surface area contributed by atoms with Crippen molar-refractivity contribution in [3.8, 4) is 0 Å². The van der Waals surface area contributed by atoms with Crippen molar-refractivity contribution in [3.05, 3.63) is 0 Å². The molecule has 1 atom stereocenters. The first-order valence-electron chi connectivity index (χ1n) is 3.04. The third kappa shape index (κ3) is 1.85. The molecule has 53 valence electrons. The van der Waals surface area contributed by atoms with E-state index >= 15 is 0 Å². The Hall–Kier alpha value is 0.270. The minimum absolute atomic E-state index is 0.134. The van der Waals surface area contributed by atoms with Gasteiger partial charge in [0, 0.05) is 5.75 Å². The third-order valence-electron chi connectivity index (χ3n) is 1.25. The van der Waals surface area contributed by atoms with Gasteiger partial charge < -0.3 is 9.47 Å². The normalized spacial score (nSPS) is 33.0. The molecule has 1 aliphatic rings. The summed E-state index contributed by atoms with van der Waals surface area (Å²) in [5.41, 5.74) is 0. The molecule has 0 amide bonds. The van der Waals surface area contributed by atoms with Gasteiger partial charge in [-0.05, 0) is 13.8 Å². The summed E-state index contributed by atoms with van der Waals surface area (Å²) in [6, 6.07) is 0. The van der Waals surface area contributed by atoms with Gasteiger partial charge in [0.05, 0.1) is 12.7 Å². The van der Waals surface area contributed by atoms with E-state index in [1.54, 1.807) is 0 Å². The fraction of sp³-hybridized carbons (Fsp3) is 1.00. The lowest BCUT2D eigenvalue weighted by Gasteiger charge is -2.15. The first-order valence-corrected chi connectivity index (χ1v) is 3.62. The maximum Gasteiger partial charge on any atom is 0.163 e. The summed E-state index contributed by atoms with van der Waals surface area (Å²) < 4.78 is 10.6. The summed E-state index contributed by atoms with van der Waals surface area (Å²) in [5.74, 6) is 0.229. The number of rotatable bonds is 1. The zero-order chi connectivity index (χ0) is 6.91. The molecule has 0 aliphatic carbocycles. The molecule has 0 bridgehead atoms. The SMILES string of the molecule is CC1(C)OC[C@H](C[S])O1. The summed E-state index contributed by atoms with van der Waals surface area (Å²) >= 11 is 4.81. The summed E-state index contributed by atoms with van der Waals surface area (Å²) in [6.07, 6.45) is 0.134. The van der Waals surface area contributed by atoms with Gasteiger partial charge in [0.2, 0.25) is 0 Å². The quantitative estimate of drug-likeness (QED) is 0.557. The van der Waals surface area contributed by atoms with E-state index in [0.29, 0.717) is 12.4 Å². The van der Waals surface area contributed by atoms with Crippen molar-refractivity contribution >= 4 is 12.6 Å². The van der Waals surface area contributed by atoms with E-state index in [4.69, 9.17) is 22.1 Å².